The summed E-state index contributed by atoms with van der Waals surface area (Å²) >= 11 is 6.27. The van der Waals surface area contributed by atoms with Crippen LogP contribution in [0.4, 0.5) is 17.1 Å². The van der Waals surface area contributed by atoms with Crippen LogP contribution < -0.4 is 25.0 Å². The maximum atomic E-state index is 14.2. The fraction of sp³-hybridized carbons (Fsp3) is 0.418. The van der Waals surface area contributed by atoms with Crippen LogP contribution in [-0.2, 0) is 26.2 Å². The van der Waals surface area contributed by atoms with Crippen molar-refractivity contribution in [3.8, 4) is 23.3 Å². The van der Waals surface area contributed by atoms with Crippen LogP contribution in [0.2, 0.25) is 5.02 Å². The number of pyridine rings is 1. The van der Waals surface area contributed by atoms with Gasteiger partial charge in [0.25, 0.3) is 27.5 Å². The lowest BCUT2D eigenvalue weighted by Gasteiger charge is -2.39. The number of ether oxygens (including phenoxy) is 1. The Hall–Kier alpha value is -8.09. The van der Waals surface area contributed by atoms with E-state index in [9.17, 15) is 37.7 Å². The van der Waals surface area contributed by atoms with E-state index < -0.39 is 43.4 Å². The van der Waals surface area contributed by atoms with Gasteiger partial charge in [-0.1, -0.05) is 80.3 Å². The molecule has 0 bridgehead atoms. The average molecular weight is 1230 g/mol. The fourth-order valence-electron chi connectivity index (χ4n) is 12.7. The van der Waals surface area contributed by atoms with E-state index in [-0.39, 0.29) is 46.6 Å². The van der Waals surface area contributed by atoms with Gasteiger partial charge >= 0.3 is 0 Å². The Morgan fingerprint density at radius 2 is 1.66 bits per heavy atom. The number of nitrogens with zero attached hydrogens (tertiary/aromatic N) is 6. The van der Waals surface area contributed by atoms with Gasteiger partial charge in [-0.25, -0.2) is 18.1 Å². The molecule has 2 aromatic heterocycles. The summed E-state index contributed by atoms with van der Waals surface area (Å²) in [4.78, 5) is 79.0. The van der Waals surface area contributed by atoms with Gasteiger partial charge in [0, 0.05) is 104 Å². The highest BCUT2D eigenvalue weighted by molar-refractivity contribution is 7.90. The lowest BCUT2D eigenvalue weighted by Crippen LogP contribution is -2.52. The van der Waals surface area contributed by atoms with Crippen LogP contribution in [0.5, 0.6) is 11.5 Å². The highest BCUT2D eigenvalue weighted by Gasteiger charge is 2.39. The minimum atomic E-state index is -4.61. The first-order valence-electron chi connectivity index (χ1n) is 30.7. The number of carbonyl (C=O) groups excluding carboxylic acids is 4. The minimum Gasteiger partial charge on any atom is -0.455 e. The number of sulfonamides is 1. The largest absolute Gasteiger partial charge is 0.455 e. The van der Waals surface area contributed by atoms with Gasteiger partial charge in [0.1, 0.15) is 28.9 Å². The van der Waals surface area contributed by atoms with Gasteiger partial charge in [-0.05, 0) is 160 Å². The van der Waals surface area contributed by atoms with Crippen LogP contribution in [0.25, 0.3) is 16.6 Å². The van der Waals surface area contributed by atoms with Gasteiger partial charge in [-0.2, -0.15) is 0 Å². The summed E-state index contributed by atoms with van der Waals surface area (Å²) in [5.74, 6) is 5.28. The molecule has 6 heterocycles. The molecule has 21 heteroatoms. The summed E-state index contributed by atoms with van der Waals surface area (Å²) in [5.41, 5.74) is 7.67. The summed E-state index contributed by atoms with van der Waals surface area (Å²) in [6, 6.07) is 25.5. The van der Waals surface area contributed by atoms with E-state index in [1.165, 1.54) is 35.0 Å². The fourth-order valence-corrected chi connectivity index (χ4v) is 13.9. The number of unbranched alkanes of at least 4 members (excludes halogenated alkanes) is 5. The van der Waals surface area contributed by atoms with E-state index >= 15 is 0 Å². The van der Waals surface area contributed by atoms with Crippen molar-refractivity contribution in [2.24, 2.45) is 11.3 Å². The highest BCUT2D eigenvalue weighted by atomic mass is 35.5. The molecule has 1 unspecified atom stereocenters. The van der Waals surface area contributed by atoms with Gasteiger partial charge in [0.05, 0.1) is 21.6 Å². The van der Waals surface area contributed by atoms with Crippen molar-refractivity contribution >= 4 is 78.9 Å². The van der Waals surface area contributed by atoms with Crippen LogP contribution in [0.15, 0.2) is 114 Å². The summed E-state index contributed by atoms with van der Waals surface area (Å²) < 4.78 is 36.5. The molecule has 1 atom stereocenters. The minimum absolute atomic E-state index is 0.0469. The monoisotopic (exact) mass is 1230 g/mol. The number of H-pyrrole nitrogens is 1. The molecular formula is C67H75ClN10O9S. The van der Waals surface area contributed by atoms with Crippen LogP contribution >= 0.6 is 11.6 Å². The molecule has 4 N–H and O–H groups in total. The number of imide groups is 1. The number of hydrogen-bond donors (Lipinski definition) is 4. The number of aromatic nitrogens is 2. The summed E-state index contributed by atoms with van der Waals surface area (Å²) in [6.45, 7) is 12.2. The zero-order valence-corrected chi connectivity index (χ0v) is 51.4. The number of rotatable bonds is 21. The third-order valence-electron chi connectivity index (χ3n) is 17.9. The Morgan fingerprint density at radius 1 is 0.875 bits per heavy atom. The Labute approximate surface area is 518 Å². The number of carbonyl (C=O) groups is 4. The molecule has 1 aliphatic carbocycles. The SMILES string of the molecule is CC1(C)CCC(CN2CCN(c3ccc(C(=O)NS(=O)(=O)c4ccc(NCC5CCN(CCCCCCCC#Cc6ccc7c(c6)C(=O)N(C6CCC(=O)NC6=O)C7)CC5)c([N+](=O)[O-])c4)c(Oc4cnc5[nH]ccc5c4)c3)CC2)=C(c2ccc(Cl)cc2)C1. The molecule has 88 heavy (non-hydrogen) atoms. The van der Waals surface area contributed by atoms with Crippen LogP contribution in [0.1, 0.15) is 135 Å². The Bertz CT molecular complexity index is 3840. The Kier molecular flexibility index (Phi) is 19.0. The summed E-state index contributed by atoms with van der Waals surface area (Å²) in [5, 5.41) is 19.5. The number of nitro groups is 1. The number of halogens is 1. The molecule has 4 amide bonds. The number of fused-ring (bicyclic) bond motifs is 2. The number of piperazine rings is 1. The second-order valence-corrected chi connectivity index (χ2v) is 26.8. The van der Waals surface area contributed by atoms with Gasteiger partial charge in [0.15, 0.2) is 0 Å². The third kappa shape index (κ3) is 14.9. The second kappa shape index (κ2) is 27.1. The quantitative estimate of drug-likeness (QED) is 0.0173. The smallest absolute Gasteiger partial charge is 0.293 e. The molecule has 4 aromatic carbocycles. The molecule has 5 aliphatic rings. The normalized spacial score (nSPS) is 18.4. The lowest BCUT2D eigenvalue weighted by molar-refractivity contribution is -0.384. The van der Waals surface area contributed by atoms with Gasteiger partial charge in [0.2, 0.25) is 11.8 Å². The van der Waals surface area contributed by atoms with E-state index in [0.717, 1.165) is 143 Å². The lowest BCUT2D eigenvalue weighted by atomic mass is 9.72. The summed E-state index contributed by atoms with van der Waals surface area (Å²) in [7, 11) is -4.61. The molecule has 19 nitrogen and oxygen atoms in total. The first kappa shape index (κ1) is 61.6. The van der Waals surface area contributed by atoms with Crippen LogP contribution in [0, 0.1) is 33.3 Å². The number of allylic oxidation sites excluding steroid dienone is 1. The number of nitrogens with one attached hydrogen (secondary N) is 4. The molecule has 0 saturated carbocycles. The van der Waals surface area contributed by atoms with Crippen molar-refractivity contribution in [2.75, 3.05) is 69.1 Å². The Morgan fingerprint density at radius 3 is 2.44 bits per heavy atom. The molecule has 0 radical (unpaired) electrons. The van der Waals surface area contributed by atoms with Crippen molar-refractivity contribution in [2.45, 2.75) is 115 Å². The van der Waals surface area contributed by atoms with Crippen molar-refractivity contribution in [3.05, 3.63) is 152 Å². The number of piperidine rings is 2. The molecule has 11 rings (SSSR count). The number of likely N-dealkylation sites (tertiary alicyclic amines) is 1. The zero-order chi connectivity index (χ0) is 61.5. The van der Waals surface area contributed by atoms with Crippen molar-refractivity contribution in [3.63, 3.8) is 0 Å². The molecule has 0 spiro atoms. The van der Waals surface area contributed by atoms with Crippen molar-refractivity contribution in [1.29, 1.82) is 0 Å². The number of aromatic amines is 1. The first-order valence-corrected chi connectivity index (χ1v) is 32.6. The van der Waals surface area contributed by atoms with Gasteiger partial charge in [-0.15, -0.1) is 0 Å². The maximum absolute atomic E-state index is 14.2. The molecule has 6 aromatic rings. The van der Waals surface area contributed by atoms with Crippen LogP contribution in [-0.4, -0.2) is 127 Å². The Balaban J connectivity index is 0.641. The van der Waals surface area contributed by atoms with E-state index in [4.69, 9.17) is 16.3 Å². The number of hydrogen-bond acceptors (Lipinski definition) is 14. The zero-order valence-electron chi connectivity index (χ0n) is 49.9. The predicted octanol–water partition coefficient (Wildman–Crippen LogP) is 11.1. The first-order chi connectivity index (χ1) is 42.4. The van der Waals surface area contributed by atoms with E-state index in [2.05, 4.69) is 77.8 Å². The van der Waals surface area contributed by atoms with Crippen LogP contribution in [0.3, 0.4) is 0 Å². The maximum Gasteiger partial charge on any atom is 0.293 e. The number of benzene rings is 4. The highest BCUT2D eigenvalue weighted by Crippen LogP contribution is 2.44. The number of nitro benzene ring substituents is 1. The van der Waals surface area contributed by atoms with E-state index in [1.54, 1.807) is 41.4 Å². The molecule has 4 aliphatic heterocycles. The third-order valence-corrected chi connectivity index (χ3v) is 19.5. The van der Waals surface area contributed by atoms with Crippen molar-refractivity contribution in [1.82, 2.24) is 34.7 Å². The van der Waals surface area contributed by atoms with E-state index in [0.29, 0.717) is 49.6 Å². The average Bonchev–Trinajstić information content (AvgIpc) is 2.88. The molecular weight excluding hydrogens is 1160 g/mol. The van der Waals surface area contributed by atoms with E-state index in [1.807, 2.05) is 30.3 Å². The predicted molar refractivity (Wildman–Crippen MR) is 340 cm³/mol. The van der Waals surface area contributed by atoms with Gasteiger partial charge in [-0.3, -0.25) is 39.5 Å². The number of anilines is 2. The summed E-state index contributed by atoms with van der Waals surface area (Å²) in [6.07, 6.45) is 14.9. The molecule has 460 valence electrons. The van der Waals surface area contributed by atoms with Crippen molar-refractivity contribution < 1.29 is 37.3 Å². The van der Waals surface area contributed by atoms with Gasteiger partial charge < -0.3 is 29.7 Å². The molecule has 3 fully saturated rings. The number of amides is 4. The topological polar surface area (TPSA) is 233 Å². The second-order valence-electron chi connectivity index (χ2n) is 24.7. The molecule has 3 saturated heterocycles. The standard InChI is InChI=1S/C67H75ClN10O9S/c1-67(2)27-23-50(57(40-67)47-13-15-51(68)16-14-47)43-75-32-34-76(35-33-75)52-17-19-55(61(38-52)87-53-37-48-24-28-69-63(48)71-42-53)64(80)73-88(85,86)54-18-20-58(60(39-54)78(83)84)70-41-46-25-30-74(31-26-46)29-9-7-5-3-4-6-8-10-45-11-12-49-44-77(66(82)56(49)36-45)59-21-22-62(79)72-65(59)81/h11-20,24,28,36-39,42,46,59,70H,3-7,9,21-23,25-27,29-35,40-41,43-44H2,1-2H3,(H,69,71)(H,73,80)(H,72,79,81).